The molecule has 0 bridgehead atoms. The van der Waals surface area contributed by atoms with Crippen molar-refractivity contribution in [2.75, 3.05) is 6.54 Å². The predicted octanol–water partition coefficient (Wildman–Crippen LogP) is 4.16. The second-order valence-electron chi connectivity index (χ2n) is 4.26. The normalized spacial score (nSPS) is 12.7. The number of nitrogens with one attached hydrogen (secondary N) is 1. The first-order valence-corrected chi connectivity index (χ1v) is 6.29. The largest absolute Gasteiger partial charge is 0.416 e. The lowest BCUT2D eigenvalue weighted by Crippen LogP contribution is -2.22. The Morgan fingerprint density at radius 2 is 2.05 bits per heavy atom. The van der Waals surface area contributed by atoms with Crippen molar-refractivity contribution in [2.24, 2.45) is 0 Å². The summed E-state index contributed by atoms with van der Waals surface area (Å²) in [5, 5.41) is 3.23. The van der Waals surface area contributed by atoms with Crippen LogP contribution < -0.4 is 5.32 Å². The van der Waals surface area contributed by atoms with Crippen LogP contribution in [0.25, 0.3) is 0 Å². The Morgan fingerprint density at radius 1 is 1.32 bits per heavy atom. The quantitative estimate of drug-likeness (QED) is 0.791. The summed E-state index contributed by atoms with van der Waals surface area (Å²) in [6.07, 6.45) is -2.87. The number of halogens is 3. The lowest BCUT2D eigenvalue weighted by molar-refractivity contribution is -0.137. The molecular formula is C15H18F3N. The molecule has 0 heterocycles. The number of rotatable bonds is 5. The predicted molar refractivity (Wildman–Crippen MR) is 70.5 cm³/mol. The van der Waals surface area contributed by atoms with Gasteiger partial charge in [0.25, 0.3) is 0 Å². The monoisotopic (exact) mass is 269 g/mol. The van der Waals surface area contributed by atoms with Crippen molar-refractivity contribution in [3.8, 4) is 11.8 Å². The molecule has 0 fully saturated rings. The van der Waals surface area contributed by atoms with Gasteiger partial charge in [-0.25, -0.2) is 0 Å². The SMILES string of the molecule is CC#CCC(NCCC)c1cccc(C(F)(F)F)c1. The summed E-state index contributed by atoms with van der Waals surface area (Å²) in [6.45, 7) is 4.50. The Bertz CT molecular complexity index is 454. The Balaban J connectivity index is 2.96. The van der Waals surface area contributed by atoms with Crippen LogP contribution in [0.5, 0.6) is 0 Å². The highest BCUT2D eigenvalue weighted by atomic mass is 19.4. The molecule has 0 aliphatic rings. The van der Waals surface area contributed by atoms with E-state index < -0.39 is 11.7 Å². The van der Waals surface area contributed by atoms with Gasteiger partial charge in [-0.05, 0) is 37.6 Å². The maximum absolute atomic E-state index is 12.7. The molecule has 1 aromatic carbocycles. The lowest BCUT2D eigenvalue weighted by Gasteiger charge is -2.18. The van der Waals surface area contributed by atoms with Crippen LogP contribution in [0.15, 0.2) is 24.3 Å². The second kappa shape index (κ2) is 7.20. The van der Waals surface area contributed by atoms with Crippen LogP contribution in [0, 0.1) is 11.8 Å². The van der Waals surface area contributed by atoms with Gasteiger partial charge in [-0.3, -0.25) is 0 Å². The van der Waals surface area contributed by atoms with E-state index in [0.717, 1.165) is 19.0 Å². The maximum atomic E-state index is 12.7. The van der Waals surface area contributed by atoms with Gasteiger partial charge >= 0.3 is 6.18 Å². The van der Waals surface area contributed by atoms with Crippen molar-refractivity contribution < 1.29 is 13.2 Å². The Hall–Kier alpha value is -1.47. The average Bonchev–Trinajstić information content (AvgIpc) is 2.38. The molecule has 1 rings (SSSR count). The molecule has 0 saturated heterocycles. The van der Waals surface area contributed by atoms with E-state index in [4.69, 9.17) is 0 Å². The standard InChI is InChI=1S/C15H18F3N/c1-3-5-9-14(19-10-4-2)12-7-6-8-13(11-12)15(16,17)18/h6-8,11,14,19H,4,9-10H2,1-2H3. The van der Waals surface area contributed by atoms with E-state index in [9.17, 15) is 13.2 Å². The molecule has 1 atom stereocenters. The van der Waals surface area contributed by atoms with Crippen LogP contribution in [-0.2, 0) is 6.18 Å². The van der Waals surface area contributed by atoms with Gasteiger partial charge in [-0.1, -0.05) is 19.1 Å². The van der Waals surface area contributed by atoms with Gasteiger partial charge in [-0.15, -0.1) is 11.8 Å². The summed E-state index contributed by atoms with van der Waals surface area (Å²) < 4.78 is 38.1. The van der Waals surface area contributed by atoms with Crippen molar-refractivity contribution in [1.29, 1.82) is 0 Å². The number of benzene rings is 1. The molecule has 1 nitrogen and oxygen atoms in total. The maximum Gasteiger partial charge on any atom is 0.416 e. The molecule has 0 aliphatic heterocycles. The van der Waals surface area contributed by atoms with E-state index in [1.54, 1.807) is 13.0 Å². The number of hydrogen-bond acceptors (Lipinski definition) is 1. The molecule has 0 amide bonds. The van der Waals surface area contributed by atoms with E-state index in [1.165, 1.54) is 12.1 Å². The van der Waals surface area contributed by atoms with E-state index in [0.29, 0.717) is 12.0 Å². The van der Waals surface area contributed by atoms with Gasteiger partial charge in [0.15, 0.2) is 0 Å². The summed E-state index contributed by atoms with van der Waals surface area (Å²) in [5.74, 6) is 5.70. The topological polar surface area (TPSA) is 12.0 Å². The number of alkyl halides is 3. The van der Waals surface area contributed by atoms with Crippen LogP contribution >= 0.6 is 0 Å². The molecule has 104 valence electrons. The highest BCUT2D eigenvalue weighted by molar-refractivity contribution is 5.28. The van der Waals surface area contributed by atoms with Crippen molar-refractivity contribution in [3.05, 3.63) is 35.4 Å². The van der Waals surface area contributed by atoms with Crippen molar-refractivity contribution in [3.63, 3.8) is 0 Å². The van der Waals surface area contributed by atoms with Crippen LogP contribution in [-0.4, -0.2) is 6.54 Å². The summed E-state index contributed by atoms with van der Waals surface area (Å²) in [4.78, 5) is 0. The van der Waals surface area contributed by atoms with E-state index in [-0.39, 0.29) is 6.04 Å². The second-order valence-corrected chi connectivity index (χ2v) is 4.26. The van der Waals surface area contributed by atoms with Crippen molar-refractivity contribution >= 4 is 0 Å². The Morgan fingerprint density at radius 3 is 2.63 bits per heavy atom. The lowest BCUT2D eigenvalue weighted by atomic mass is 10.0. The van der Waals surface area contributed by atoms with E-state index in [2.05, 4.69) is 17.2 Å². The number of hydrogen-bond donors (Lipinski definition) is 1. The molecule has 0 spiro atoms. The highest BCUT2D eigenvalue weighted by Gasteiger charge is 2.30. The van der Waals surface area contributed by atoms with Crippen LogP contribution in [0.1, 0.15) is 43.9 Å². The third kappa shape index (κ3) is 4.96. The van der Waals surface area contributed by atoms with Crippen LogP contribution in [0.4, 0.5) is 13.2 Å². The summed E-state index contributed by atoms with van der Waals surface area (Å²) >= 11 is 0. The molecule has 1 N–H and O–H groups in total. The molecule has 0 radical (unpaired) electrons. The minimum atomic E-state index is -4.30. The van der Waals surface area contributed by atoms with Gasteiger partial charge in [0.1, 0.15) is 0 Å². The fraction of sp³-hybridized carbons (Fsp3) is 0.467. The molecule has 19 heavy (non-hydrogen) atoms. The third-order valence-corrected chi connectivity index (χ3v) is 2.74. The molecule has 1 unspecified atom stereocenters. The first-order valence-electron chi connectivity index (χ1n) is 6.29. The van der Waals surface area contributed by atoms with Gasteiger partial charge in [0.05, 0.1) is 5.56 Å². The summed E-state index contributed by atoms with van der Waals surface area (Å²) in [5.41, 5.74) is 0.0174. The fourth-order valence-electron chi connectivity index (χ4n) is 1.76. The van der Waals surface area contributed by atoms with Crippen LogP contribution in [0.3, 0.4) is 0 Å². The fourth-order valence-corrected chi connectivity index (χ4v) is 1.76. The van der Waals surface area contributed by atoms with Gasteiger partial charge in [-0.2, -0.15) is 13.2 Å². The highest BCUT2D eigenvalue weighted by Crippen LogP contribution is 2.31. The molecular weight excluding hydrogens is 251 g/mol. The molecule has 0 aliphatic carbocycles. The molecule has 4 heteroatoms. The molecule has 0 aromatic heterocycles. The van der Waals surface area contributed by atoms with Gasteiger partial charge < -0.3 is 5.32 Å². The summed E-state index contributed by atoms with van der Waals surface area (Å²) in [7, 11) is 0. The van der Waals surface area contributed by atoms with Crippen LogP contribution in [0.2, 0.25) is 0 Å². The minimum absolute atomic E-state index is 0.158. The first kappa shape index (κ1) is 15.6. The zero-order chi connectivity index (χ0) is 14.3. The zero-order valence-corrected chi connectivity index (χ0v) is 11.1. The molecule has 0 saturated carbocycles. The Labute approximate surface area is 112 Å². The average molecular weight is 269 g/mol. The van der Waals surface area contributed by atoms with E-state index in [1.807, 2.05) is 6.92 Å². The first-order chi connectivity index (χ1) is 8.99. The smallest absolute Gasteiger partial charge is 0.309 e. The van der Waals surface area contributed by atoms with E-state index >= 15 is 0 Å². The summed E-state index contributed by atoms with van der Waals surface area (Å²) in [6, 6.07) is 5.28. The third-order valence-electron chi connectivity index (χ3n) is 2.74. The zero-order valence-electron chi connectivity index (χ0n) is 11.1. The van der Waals surface area contributed by atoms with Crippen molar-refractivity contribution in [2.45, 2.75) is 38.9 Å². The molecule has 1 aromatic rings. The minimum Gasteiger partial charge on any atom is -0.309 e. The Kier molecular flexibility index (Phi) is 5.91. The van der Waals surface area contributed by atoms with Gasteiger partial charge in [0.2, 0.25) is 0 Å². The van der Waals surface area contributed by atoms with Gasteiger partial charge in [0, 0.05) is 12.5 Å². The van der Waals surface area contributed by atoms with Crippen molar-refractivity contribution in [1.82, 2.24) is 5.32 Å².